The Morgan fingerprint density at radius 1 is 1.36 bits per heavy atom. The van der Waals surface area contributed by atoms with Crippen LogP contribution in [0, 0.1) is 0 Å². The number of nitrogens with zero attached hydrogens (tertiary/aromatic N) is 1. The van der Waals surface area contributed by atoms with Gasteiger partial charge < -0.3 is 9.64 Å². The van der Waals surface area contributed by atoms with E-state index in [-0.39, 0.29) is 6.61 Å². The minimum absolute atomic E-state index is 0.199. The fourth-order valence-electron chi connectivity index (χ4n) is 1.16. The van der Waals surface area contributed by atoms with Crippen molar-refractivity contribution in [2.45, 2.75) is 6.92 Å². The van der Waals surface area contributed by atoms with Crippen molar-refractivity contribution in [2.75, 3.05) is 31.2 Å². The molecule has 0 N–H and O–H groups in total. The average Bonchev–Trinajstić information content (AvgIpc) is 2.18. The van der Waals surface area contributed by atoms with Gasteiger partial charge in [0.25, 0.3) is 0 Å². The molecule has 0 bridgehead atoms. The SMILES string of the molecule is CCOC(=O)C(=O)N1CCS(=O)CC1. The lowest BCUT2D eigenvalue weighted by Gasteiger charge is -2.24. The molecular formula is C8H13NO4S. The number of carbonyl (C=O) groups excluding carboxylic acids is 2. The van der Waals surface area contributed by atoms with Crippen LogP contribution < -0.4 is 0 Å². The van der Waals surface area contributed by atoms with Crippen molar-refractivity contribution in [2.24, 2.45) is 0 Å². The van der Waals surface area contributed by atoms with Crippen LogP contribution in [0.4, 0.5) is 0 Å². The maximum atomic E-state index is 11.3. The third-order valence-corrected chi connectivity index (χ3v) is 3.19. The normalized spacial score (nSPS) is 17.9. The van der Waals surface area contributed by atoms with Crippen LogP contribution in [0.25, 0.3) is 0 Å². The molecule has 0 spiro atoms. The zero-order chi connectivity index (χ0) is 10.6. The third kappa shape index (κ3) is 2.80. The summed E-state index contributed by atoms with van der Waals surface area (Å²) >= 11 is 0. The van der Waals surface area contributed by atoms with Gasteiger partial charge in [0, 0.05) is 35.4 Å². The Bertz CT molecular complexity index is 256. The van der Waals surface area contributed by atoms with Crippen molar-refractivity contribution in [1.29, 1.82) is 0 Å². The van der Waals surface area contributed by atoms with Crippen LogP contribution in [0.3, 0.4) is 0 Å². The molecule has 0 aromatic heterocycles. The average molecular weight is 219 g/mol. The Hall–Kier alpha value is -0.910. The van der Waals surface area contributed by atoms with Gasteiger partial charge in [-0.1, -0.05) is 0 Å². The Kier molecular flexibility index (Phi) is 4.06. The molecule has 1 aliphatic heterocycles. The highest BCUT2D eigenvalue weighted by Crippen LogP contribution is 2.01. The van der Waals surface area contributed by atoms with Crippen molar-refractivity contribution >= 4 is 22.7 Å². The molecule has 1 saturated heterocycles. The van der Waals surface area contributed by atoms with Crippen molar-refractivity contribution in [3.8, 4) is 0 Å². The Labute approximate surface area is 84.9 Å². The van der Waals surface area contributed by atoms with Crippen LogP contribution in [0.15, 0.2) is 0 Å². The molecule has 0 saturated carbocycles. The fourth-order valence-corrected chi connectivity index (χ4v) is 2.22. The van der Waals surface area contributed by atoms with E-state index >= 15 is 0 Å². The molecule has 1 fully saturated rings. The van der Waals surface area contributed by atoms with Crippen LogP contribution in [-0.4, -0.2) is 52.2 Å². The lowest BCUT2D eigenvalue weighted by atomic mass is 10.4. The van der Waals surface area contributed by atoms with E-state index in [1.165, 1.54) is 4.90 Å². The minimum Gasteiger partial charge on any atom is -0.459 e. The predicted octanol–water partition coefficient (Wildman–Crippen LogP) is -0.860. The summed E-state index contributed by atoms with van der Waals surface area (Å²) in [4.78, 5) is 23.8. The van der Waals surface area contributed by atoms with Crippen molar-refractivity contribution in [1.82, 2.24) is 4.90 Å². The summed E-state index contributed by atoms with van der Waals surface area (Å²) < 4.78 is 15.6. The summed E-state index contributed by atoms with van der Waals surface area (Å²) in [5.41, 5.74) is 0. The summed E-state index contributed by atoms with van der Waals surface area (Å²) in [7, 11) is -0.840. The molecule has 0 unspecified atom stereocenters. The van der Waals surface area contributed by atoms with Crippen molar-refractivity contribution < 1.29 is 18.5 Å². The molecule has 14 heavy (non-hydrogen) atoms. The van der Waals surface area contributed by atoms with Crippen LogP contribution in [0.1, 0.15) is 6.92 Å². The molecule has 80 valence electrons. The van der Waals surface area contributed by atoms with Gasteiger partial charge >= 0.3 is 11.9 Å². The zero-order valence-electron chi connectivity index (χ0n) is 8.02. The largest absolute Gasteiger partial charge is 0.459 e. The van der Waals surface area contributed by atoms with Gasteiger partial charge in [0.2, 0.25) is 0 Å². The van der Waals surface area contributed by atoms with Crippen LogP contribution in [-0.2, 0) is 25.1 Å². The number of hydrogen-bond acceptors (Lipinski definition) is 4. The molecule has 0 radical (unpaired) electrons. The Morgan fingerprint density at radius 2 is 1.93 bits per heavy atom. The highest BCUT2D eigenvalue weighted by Gasteiger charge is 2.26. The summed E-state index contributed by atoms with van der Waals surface area (Å²) in [6, 6.07) is 0. The first-order valence-electron chi connectivity index (χ1n) is 4.46. The van der Waals surface area contributed by atoms with Gasteiger partial charge in [-0.25, -0.2) is 4.79 Å². The molecule has 5 nitrogen and oxygen atoms in total. The van der Waals surface area contributed by atoms with Gasteiger partial charge in [-0.15, -0.1) is 0 Å². The first kappa shape index (κ1) is 11.2. The van der Waals surface area contributed by atoms with E-state index in [1.807, 2.05) is 0 Å². The number of rotatable bonds is 1. The summed E-state index contributed by atoms with van der Waals surface area (Å²) in [5.74, 6) is -0.542. The summed E-state index contributed by atoms with van der Waals surface area (Å²) in [6.45, 7) is 2.61. The molecule has 0 aliphatic carbocycles. The van der Waals surface area contributed by atoms with Gasteiger partial charge in [0.05, 0.1) is 6.61 Å². The maximum Gasteiger partial charge on any atom is 0.397 e. The van der Waals surface area contributed by atoms with Gasteiger partial charge in [-0.05, 0) is 6.92 Å². The Morgan fingerprint density at radius 3 is 2.43 bits per heavy atom. The second-order valence-electron chi connectivity index (χ2n) is 2.86. The molecular weight excluding hydrogens is 206 g/mol. The molecule has 0 aromatic carbocycles. The first-order chi connectivity index (χ1) is 6.65. The predicted molar refractivity (Wildman–Crippen MR) is 51.1 cm³/mol. The summed E-state index contributed by atoms with van der Waals surface area (Å²) in [5, 5.41) is 0. The Balaban J connectivity index is 2.45. The van der Waals surface area contributed by atoms with Gasteiger partial charge in [0.15, 0.2) is 0 Å². The smallest absolute Gasteiger partial charge is 0.397 e. The van der Waals surface area contributed by atoms with Gasteiger partial charge in [-0.2, -0.15) is 0 Å². The quantitative estimate of drug-likeness (QED) is 0.425. The van der Waals surface area contributed by atoms with Crippen molar-refractivity contribution in [3.05, 3.63) is 0 Å². The van der Waals surface area contributed by atoms with E-state index < -0.39 is 22.7 Å². The molecule has 1 rings (SSSR count). The summed E-state index contributed by atoms with van der Waals surface area (Å²) in [6.07, 6.45) is 0. The molecule has 0 atom stereocenters. The monoisotopic (exact) mass is 219 g/mol. The molecule has 1 heterocycles. The lowest BCUT2D eigenvalue weighted by molar-refractivity contribution is -0.159. The number of amides is 1. The molecule has 1 aliphatic rings. The maximum absolute atomic E-state index is 11.3. The number of carbonyl (C=O) groups is 2. The second-order valence-corrected chi connectivity index (χ2v) is 4.56. The zero-order valence-corrected chi connectivity index (χ0v) is 8.84. The number of esters is 1. The van der Waals surface area contributed by atoms with Gasteiger partial charge in [0.1, 0.15) is 0 Å². The van der Waals surface area contributed by atoms with E-state index in [0.717, 1.165) is 0 Å². The van der Waals surface area contributed by atoms with E-state index in [1.54, 1.807) is 6.92 Å². The minimum atomic E-state index is -0.840. The second kappa shape index (κ2) is 5.09. The van der Waals surface area contributed by atoms with Gasteiger partial charge in [-0.3, -0.25) is 9.00 Å². The third-order valence-electron chi connectivity index (χ3n) is 1.92. The lowest BCUT2D eigenvalue weighted by Crippen LogP contribution is -2.45. The highest BCUT2D eigenvalue weighted by atomic mass is 32.2. The van der Waals surface area contributed by atoms with Crippen molar-refractivity contribution in [3.63, 3.8) is 0 Å². The van der Waals surface area contributed by atoms with E-state index in [0.29, 0.717) is 24.6 Å². The molecule has 1 amide bonds. The number of ether oxygens (including phenoxy) is 1. The topological polar surface area (TPSA) is 63.7 Å². The standard InChI is InChI=1S/C8H13NO4S/c1-2-13-8(11)7(10)9-3-5-14(12)6-4-9/h2-6H2,1H3. The first-order valence-corrected chi connectivity index (χ1v) is 5.95. The fraction of sp³-hybridized carbons (Fsp3) is 0.750. The highest BCUT2D eigenvalue weighted by molar-refractivity contribution is 7.85. The van der Waals surface area contributed by atoms with E-state index in [4.69, 9.17) is 0 Å². The number of hydrogen-bond donors (Lipinski definition) is 0. The van der Waals surface area contributed by atoms with Crippen LogP contribution in [0.2, 0.25) is 0 Å². The van der Waals surface area contributed by atoms with E-state index in [9.17, 15) is 13.8 Å². The van der Waals surface area contributed by atoms with E-state index in [2.05, 4.69) is 4.74 Å². The van der Waals surface area contributed by atoms with Crippen LogP contribution in [0.5, 0.6) is 0 Å². The molecule has 0 aromatic rings. The van der Waals surface area contributed by atoms with Crippen LogP contribution >= 0.6 is 0 Å². The molecule has 6 heteroatoms.